The van der Waals surface area contributed by atoms with E-state index in [1.807, 2.05) is 38.2 Å². The lowest BCUT2D eigenvalue weighted by Gasteiger charge is -2.21. The quantitative estimate of drug-likeness (QED) is 0.486. The summed E-state index contributed by atoms with van der Waals surface area (Å²) in [5.41, 5.74) is 4.45. The zero-order valence-electron chi connectivity index (χ0n) is 21.0. The molecular formula is C29H27N3O5. The first-order chi connectivity index (χ1) is 17.7. The first-order valence-corrected chi connectivity index (χ1v) is 11.7. The highest BCUT2D eigenvalue weighted by Gasteiger charge is 2.26. The van der Waals surface area contributed by atoms with E-state index in [0.29, 0.717) is 28.3 Å². The number of carboxylic acids is 1. The van der Waals surface area contributed by atoms with Crippen molar-refractivity contribution in [3.63, 3.8) is 0 Å². The molecular weight excluding hydrogens is 470 g/mol. The zero-order chi connectivity index (χ0) is 26.7. The molecule has 8 heteroatoms. The number of allylic oxidation sites excluding steroid dienone is 2. The number of fused-ring (bicyclic) bond motifs is 1. The summed E-state index contributed by atoms with van der Waals surface area (Å²) < 4.78 is 5.65. The van der Waals surface area contributed by atoms with E-state index in [2.05, 4.69) is 17.1 Å². The number of amides is 1. The lowest BCUT2D eigenvalue weighted by molar-refractivity contribution is 0.0696. The van der Waals surface area contributed by atoms with Gasteiger partial charge in [0.1, 0.15) is 11.4 Å². The van der Waals surface area contributed by atoms with E-state index in [1.165, 1.54) is 24.3 Å². The van der Waals surface area contributed by atoms with Crippen LogP contribution in [-0.2, 0) is 0 Å². The average molecular weight is 498 g/mol. The van der Waals surface area contributed by atoms with Gasteiger partial charge in [-0.3, -0.25) is 9.59 Å². The molecule has 0 aliphatic heterocycles. The maximum Gasteiger partial charge on any atom is 0.335 e. The van der Waals surface area contributed by atoms with Gasteiger partial charge in [-0.2, -0.15) is 0 Å². The monoisotopic (exact) mass is 497 g/mol. The van der Waals surface area contributed by atoms with E-state index in [9.17, 15) is 14.4 Å². The number of hydrogen-bond acceptors (Lipinski definition) is 6. The third kappa shape index (κ3) is 5.13. The molecule has 188 valence electrons. The molecule has 0 spiro atoms. The summed E-state index contributed by atoms with van der Waals surface area (Å²) in [6.45, 7) is 4.84. The molecule has 0 aromatic heterocycles. The molecule has 0 bridgehead atoms. The molecule has 0 saturated carbocycles. The molecule has 3 aromatic carbocycles. The second-order valence-electron chi connectivity index (χ2n) is 8.59. The highest BCUT2D eigenvalue weighted by atomic mass is 16.5. The lowest BCUT2D eigenvalue weighted by atomic mass is 9.91. The summed E-state index contributed by atoms with van der Waals surface area (Å²) in [5, 5.41) is 11.8. The summed E-state index contributed by atoms with van der Waals surface area (Å²) in [6.07, 6.45) is 1.55. The van der Waals surface area contributed by atoms with Crippen LogP contribution in [0.25, 0.3) is 0 Å². The Bertz CT molecular complexity index is 1450. The Kier molecular flexibility index (Phi) is 7.20. The van der Waals surface area contributed by atoms with E-state index in [4.69, 9.17) is 14.8 Å². The van der Waals surface area contributed by atoms with Crippen molar-refractivity contribution in [2.45, 2.75) is 13.8 Å². The van der Waals surface area contributed by atoms with Gasteiger partial charge in [0.25, 0.3) is 5.91 Å². The Morgan fingerprint density at radius 3 is 2.30 bits per heavy atom. The second-order valence-corrected chi connectivity index (χ2v) is 8.59. The SMILES string of the molecule is CCN(C)c1cc(C)c(N=C2C=C(NC(=O)c3ccc(C(=O)O)cc3)C(=O)c3ccccc32)c(OC)c1. The highest BCUT2D eigenvalue weighted by Crippen LogP contribution is 2.37. The number of aliphatic imine (C=N–C) groups is 1. The molecule has 0 unspecified atom stereocenters. The number of rotatable bonds is 7. The molecule has 37 heavy (non-hydrogen) atoms. The van der Waals surface area contributed by atoms with Crippen molar-refractivity contribution in [2.75, 3.05) is 25.6 Å². The van der Waals surface area contributed by atoms with E-state index in [1.54, 1.807) is 25.3 Å². The van der Waals surface area contributed by atoms with Crippen molar-refractivity contribution in [2.24, 2.45) is 4.99 Å². The first kappa shape index (κ1) is 25.4. The number of anilines is 1. The Labute approximate surface area is 214 Å². The fourth-order valence-corrected chi connectivity index (χ4v) is 4.02. The maximum atomic E-state index is 13.2. The fourth-order valence-electron chi connectivity index (χ4n) is 4.02. The molecule has 1 aliphatic rings. The van der Waals surface area contributed by atoms with Crippen molar-refractivity contribution in [1.29, 1.82) is 0 Å². The molecule has 0 saturated heterocycles. The zero-order valence-corrected chi connectivity index (χ0v) is 21.0. The number of carboxylic acid groups (broad SMARTS) is 1. The number of carbonyl (C=O) groups is 3. The van der Waals surface area contributed by atoms with E-state index < -0.39 is 11.9 Å². The molecule has 0 atom stereocenters. The Morgan fingerprint density at radius 2 is 1.68 bits per heavy atom. The molecule has 1 aliphatic carbocycles. The summed E-state index contributed by atoms with van der Waals surface area (Å²) in [5.74, 6) is -1.37. The van der Waals surface area contributed by atoms with Gasteiger partial charge in [-0.15, -0.1) is 0 Å². The number of aromatic carboxylic acids is 1. The van der Waals surface area contributed by atoms with Gasteiger partial charge in [-0.05, 0) is 55.8 Å². The number of aryl methyl sites for hydroxylation is 1. The van der Waals surface area contributed by atoms with Gasteiger partial charge in [-0.1, -0.05) is 24.3 Å². The van der Waals surface area contributed by atoms with Gasteiger partial charge in [0, 0.05) is 42.0 Å². The van der Waals surface area contributed by atoms with Crippen LogP contribution in [0.5, 0.6) is 5.75 Å². The van der Waals surface area contributed by atoms with Crippen molar-refractivity contribution in [3.8, 4) is 5.75 Å². The number of ether oxygens (including phenoxy) is 1. The van der Waals surface area contributed by atoms with Crippen LogP contribution in [0.1, 0.15) is 49.1 Å². The van der Waals surface area contributed by atoms with Gasteiger partial charge >= 0.3 is 5.97 Å². The normalized spacial score (nSPS) is 13.6. The largest absolute Gasteiger partial charge is 0.494 e. The van der Waals surface area contributed by atoms with Crippen molar-refractivity contribution < 1.29 is 24.2 Å². The van der Waals surface area contributed by atoms with Gasteiger partial charge in [0.15, 0.2) is 0 Å². The molecule has 0 heterocycles. The Morgan fingerprint density at radius 1 is 1.03 bits per heavy atom. The minimum atomic E-state index is -1.09. The van der Waals surface area contributed by atoms with Crippen molar-refractivity contribution in [3.05, 3.63) is 100 Å². The topological polar surface area (TPSA) is 108 Å². The molecule has 8 nitrogen and oxygen atoms in total. The minimum absolute atomic E-state index is 0.0633. The summed E-state index contributed by atoms with van der Waals surface area (Å²) in [6, 6.07) is 16.5. The van der Waals surface area contributed by atoms with Crippen LogP contribution >= 0.6 is 0 Å². The number of carbonyl (C=O) groups excluding carboxylic acids is 2. The number of ketones is 1. The van der Waals surface area contributed by atoms with Crippen LogP contribution < -0.4 is 15.0 Å². The minimum Gasteiger partial charge on any atom is -0.494 e. The van der Waals surface area contributed by atoms with E-state index in [0.717, 1.165) is 17.8 Å². The molecule has 1 amide bonds. The third-order valence-corrected chi connectivity index (χ3v) is 6.23. The van der Waals surface area contributed by atoms with Crippen molar-refractivity contribution in [1.82, 2.24) is 5.32 Å². The number of nitrogens with zero attached hydrogens (tertiary/aromatic N) is 2. The summed E-state index contributed by atoms with van der Waals surface area (Å²) in [7, 11) is 3.58. The van der Waals surface area contributed by atoms with Crippen LogP contribution in [0.3, 0.4) is 0 Å². The van der Waals surface area contributed by atoms with Crippen LogP contribution in [-0.4, -0.2) is 49.2 Å². The summed E-state index contributed by atoms with van der Waals surface area (Å²) >= 11 is 0. The maximum absolute atomic E-state index is 13.2. The predicted molar refractivity (Wildman–Crippen MR) is 143 cm³/mol. The predicted octanol–water partition coefficient (Wildman–Crippen LogP) is 4.79. The fraction of sp³-hybridized carbons (Fsp3) is 0.172. The van der Waals surface area contributed by atoms with Crippen molar-refractivity contribution >= 4 is 34.7 Å². The van der Waals surface area contributed by atoms with Gasteiger partial charge < -0.3 is 20.1 Å². The highest BCUT2D eigenvalue weighted by molar-refractivity contribution is 6.27. The number of hydrogen-bond donors (Lipinski definition) is 2. The van der Waals surface area contributed by atoms with Gasteiger partial charge in [0.05, 0.1) is 24.1 Å². The van der Waals surface area contributed by atoms with Gasteiger partial charge in [-0.25, -0.2) is 9.79 Å². The van der Waals surface area contributed by atoms with Gasteiger partial charge in [0.2, 0.25) is 5.78 Å². The number of methoxy groups -OCH3 is 1. The van der Waals surface area contributed by atoms with Crippen LogP contribution in [0.15, 0.2) is 77.4 Å². The molecule has 2 N–H and O–H groups in total. The second kappa shape index (κ2) is 10.5. The number of benzene rings is 3. The lowest BCUT2D eigenvalue weighted by Crippen LogP contribution is -2.31. The Hall–Kier alpha value is -4.72. The average Bonchev–Trinajstić information content (AvgIpc) is 2.91. The number of nitrogens with one attached hydrogen (secondary N) is 1. The molecule has 3 aromatic rings. The first-order valence-electron chi connectivity index (χ1n) is 11.7. The smallest absolute Gasteiger partial charge is 0.335 e. The Balaban J connectivity index is 1.76. The standard InChI is InChI=1S/C29H27N3O5/c1-5-32(3)20-14-17(2)26(25(15-20)37-4)30-23-16-24(27(33)22-9-7-6-8-21(22)23)31-28(34)18-10-12-19(13-11-18)29(35)36/h6-16H,5H2,1-4H3,(H,31,34)(H,35,36). The van der Waals surface area contributed by atoms with Crippen LogP contribution in [0, 0.1) is 6.92 Å². The molecule has 0 radical (unpaired) electrons. The molecule has 4 rings (SSSR count). The van der Waals surface area contributed by atoms with Crippen LogP contribution in [0.2, 0.25) is 0 Å². The van der Waals surface area contributed by atoms with E-state index in [-0.39, 0.29) is 22.6 Å². The number of Topliss-reactive ketones (excluding diaryl/α,β-unsaturated/α-hetero) is 1. The molecule has 0 fully saturated rings. The van der Waals surface area contributed by atoms with Crippen LogP contribution in [0.4, 0.5) is 11.4 Å². The summed E-state index contributed by atoms with van der Waals surface area (Å²) in [4.78, 5) is 44.2. The van der Waals surface area contributed by atoms with E-state index >= 15 is 0 Å². The third-order valence-electron chi connectivity index (χ3n) is 6.23.